The molecule has 0 rings (SSSR count). The lowest BCUT2D eigenvalue weighted by molar-refractivity contribution is -0.144. The molecule has 192 valence electrons. The lowest BCUT2D eigenvalue weighted by Crippen LogP contribution is -2.29. The Kier molecular flexibility index (Phi) is 19.8. The third kappa shape index (κ3) is 15.5. The zero-order chi connectivity index (χ0) is 24.1. The second-order valence-electron chi connectivity index (χ2n) is 9.54. The molecule has 0 aliphatic heterocycles. The molecule has 0 aromatic heterocycles. The van der Waals surface area contributed by atoms with Crippen molar-refractivity contribution in [1.82, 2.24) is 0 Å². The van der Waals surface area contributed by atoms with Gasteiger partial charge in [0.1, 0.15) is 0 Å². The predicted octanol–water partition coefficient (Wildman–Crippen LogP) is 8.31. The number of unbranched alkanes of at least 4 members (excludes halogenated alkanes) is 14. The van der Waals surface area contributed by atoms with Gasteiger partial charge in [0.2, 0.25) is 0 Å². The van der Waals surface area contributed by atoms with Crippen LogP contribution in [0.1, 0.15) is 149 Å². The van der Waals surface area contributed by atoms with Crippen LogP contribution in [-0.2, 0) is 14.1 Å². The summed E-state index contributed by atoms with van der Waals surface area (Å²) in [6, 6.07) is 0. The first kappa shape index (κ1) is 31.6. The van der Waals surface area contributed by atoms with Gasteiger partial charge in [-0.3, -0.25) is 9.36 Å². The molecule has 0 spiro atoms. The molecule has 0 fully saturated rings. The highest BCUT2D eigenvalue weighted by molar-refractivity contribution is 7.53. The van der Waals surface area contributed by atoms with Gasteiger partial charge >= 0.3 is 13.6 Å². The van der Waals surface area contributed by atoms with E-state index in [9.17, 15) is 19.1 Å². The van der Waals surface area contributed by atoms with Crippen molar-refractivity contribution in [1.29, 1.82) is 0 Å². The van der Waals surface area contributed by atoms with Crippen LogP contribution in [0.4, 0.5) is 0 Å². The van der Waals surface area contributed by atoms with E-state index in [1.165, 1.54) is 70.6 Å². The first-order valence-electron chi connectivity index (χ1n) is 13.5. The Balaban J connectivity index is 4.17. The van der Waals surface area contributed by atoms with Crippen LogP contribution in [0.3, 0.4) is 0 Å². The topological polar surface area (TPSA) is 83.8 Å². The smallest absolute Gasteiger partial charge is 0.331 e. The second-order valence-corrected chi connectivity index (χ2v) is 11.6. The van der Waals surface area contributed by atoms with Crippen molar-refractivity contribution in [3.05, 3.63) is 0 Å². The quantitative estimate of drug-likeness (QED) is 0.0880. The highest BCUT2D eigenvalue weighted by Gasteiger charge is 2.44. The first-order chi connectivity index (χ1) is 15.3. The van der Waals surface area contributed by atoms with E-state index >= 15 is 0 Å². The van der Waals surface area contributed by atoms with E-state index in [1.54, 1.807) is 0 Å². The Morgan fingerprint density at radius 2 is 1.12 bits per heavy atom. The van der Waals surface area contributed by atoms with Crippen molar-refractivity contribution >= 4 is 13.6 Å². The van der Waals surface area contributed by atoms with Crippen molar-refractivity contribution in [3.8, 4) is 0 Å². The summed E-state index contributed by atoms with van der Waals surface area (Å²) in [4.78, 5) is 32.3. The lowest BCUT2D eigenvalue weighted by Gasteiger charge is -2.33. The highest BCUT2D eigenvalue weighted by atomic mass is 31.2. The summed E-state index contributed by atoms with van der Waals surface area (Å²) in [5.41, 5.74) is 0. The monoisotopic (exact) mass is 476 g/mol. The van der Waals surface area contributed by atoms with Gasteiger partial charge in [0.15, 0.2) is 0 Å². The molecule has 0 bridgehead atoms. The molecule has 1 unspecified atom stereocenters. The average Bonchev–Trinajstić information content (AvgIpc) is 2.75. The number of hydrogen-bond acceptors (Lipinski definition) is 3. The van der Waals surface area contributed by atoms with Gasteiger partial charge in [-0.1, -0.05) is 117 Å². The molecular weight excluding hydrogens is 423 g/mol. The summed E-state index contributed by atoms with van der Waals surface area (Å²) in [7, 11) is -4.29. The van der Waals surface area contributed by atoms with Gasteiger partial charge in [-0.25, -0.2) is 0 Å². The van der Waals surface area contributed by atoms with Crippen molar-refractivity contribution < 1.29 is 23.9 Å². The van der Waals surface area contributed by atoms with Gasteiger partial charge < -0.3 is 14.5 Å². The van der Waals surface area contributed by atoms with Gasteiger partial charge in [-0.05, 0) is 25.7 Å². The maximum Gasteiger partial charge on any atom is 0.331 e. The summed E-state index contributed by atoms with van der Waals surface area (Å²) in [5, 5.41) is -1.09. The van der Waals surface area contributed by atoms with Crippen LogP contribution in [0.15, 0.2) is 0 Å². The minimum atomic E-state index is -4.29. The van der Waals surface area contributed by atoms with Crippen molar-refractivity contribution in [2.75, 3.05) is 6.61 Å². The molecule has 1 atom stereocenters. The van der Waals surface area contributed by atoms with Crippen molar-refractivity contribution in [2.24, 2.45) is 0 Å². The number of rotatable bonds is 23. The molecule has 0 saturated carbocycles. The Labute approximate surface area is 198 Å². The molecule has 2 N–H and O–H groups in total. The van der Waals surface area contributed by atoms with E-state index in [0.29, 0.717) is 19.4 Å². The molecule has 0 aliphatic carbocycles. The van der Waals surface area contributed by atoms with Crippen LogP contribution in [0.2, 0.25) is 0 Å². The van der Waals surface area contributed by atoms with Gasteiger partial charge in [-0.15, -0.1) is 0 Å². The van der Waals surface area contributed by atoms with Crippen LogP contribution in [0, 0.1) is 0 Å². The molecule has 5 nitrogen and oxygen atoms in total. The number of ether oxygens (including phenoxy) is 1. The van der Waals surface area contributed by atoms with Gasteiger partial charge in [0.05, 0.1) is 11.8 Å². The van der Waals surface area contributed by atoms with Crippen LogP contribution in [0.5, 0.6) is 0 Å². The van der Waals surface area contributed by atoms with Crippen molar-refractivity contribution in [3.63, 3.8) is 0 Å². The van der Waals surface area contributed by atoms with E-state index in [4.69, 9.17) is 4.74 Å². The number of esters is 1. The maximum absolute atomic E-state index is 12.3. The maximum atomic E-state index is 12.3. The standard InChI is InChI=1S/C26H53O5P/c1-4-7-9-11-13-15-17-19-22-26(6-3,32(28,29)30)23-21-25(27)31-24-20-18-16-14-12-10-8-5-2/h4-24H2,1-3H3,(H2,28,29,30). The Bertz CT molecular complexity index is 491. The third-order valence-electron chi connectivity index (χ3n) is 6.83. The van der Waals surface area contributed by atoms with Gasteiger partial charge in [0.25, 0.3) is 0 Å². The van der Waals surface area contributed by atoms with E-state index in [2.05, 4.69) is 13.8 Å². The summed E-state index contributed by atoms with van der Waals surface area (Å²) in [6.07, 6.45) is 19.9. The van der Waals surface area contributed by atoms with Crippen LogP contribution >= 0.6 is 7.60 Å². The second kappa shape index (κ2) is 20.0. The van der Waals surface area contributed by atoms with Crippen molar-refractivity contribution in [2.45, 2.75) is 154 Å². The molecule has 0 saturated heterocycles. The molecule has 0 radical (unpaired) electrons. The number of hydrogen-bond donors (Lipinski definition) is 2. The molecule has 0 aliphatic rings. The van der Waals surface area contributed by atoms with E-state index in [-0.39, 0.29) is 18.8 Å². The lowest BCUT2D eigenvalue weighted by atomic mass is 9.92. The Morgan fingerprint density at radius 1 is 0.688 bits per heavy atom. The number of carbonyl (C=O) groups is 1. The predicted molar refractivity (Wildman–Crippen MR) is 135 cm³/mol. The van der Waals surface area contributed by atoms with Crippen LogP contribution in [-0.4, -0.2) is 27.5 Å². The van der Waals surface area contributed by atoms with E-state index < -0.39 is 12.8 Å². The molecule has 0 amide bonds. The minimum absolute atomic E-state index is 0.0903. The highest BCUT2D eigenvalue weighted by Crippen LogP contribution is 2.57. The SMILES string of the molecule is CCCCCCCCCCOC(=O)CCC(CC)(CCCCCCCCCC)P(=O)(O)O. The van der Waals surface area contributed by atoms with E-state index in [1.807, 2.05) is 6.92 Å². The summed E-state index contributed by atoms with van der Waals surface area (Å²) in [5.74, 6) is -0.324. The average molecular weight is 477 g/mol. The summed E-state index contributed by atoms with van der Waals surface area (Å²) < 4.78 is 17.6. The van der Waals surface area contributed by atoms with E-state index in [0.717, 1.165) is 32.1 Å². The minimum Gasteiger partial charge on any atom is -0.466 e. The fraction of sp³-hybridized carbons (Fsp3) is 0.962. The van der Waals surface area contributed by atoms with Crippen LogP contribution in [0.25, 0.3) is 0 Å². The molecule has 0 aromatic carbocycles. The molecular formula is C26H53O5P. The Morgan fingerprint density at radius 3 is 1.56 bits per heavy atom. The fourth-order valence-electron chi connectivity index (χ4n) is 4.39. The fourth-order valence-corrected chi connectivity index (χ4v) is 5.66. The molecule has 0 heterocycles. The zero-order valence-electron chi connectivity index (χ0n) is 21.4. The Hall–Kier alpha value is -0.380. The molecule has 6 heteroatoms. The zero-order valence-corrected chi connectivity index (χ0v) is 22.3. The molecule has 0 aromatic rings. The normalized spacial score (nSPS) is 13.8. The number of carbonyl (C=O) groups excluding carboxylic acids is 1. The van der Waals surface area contributed by atoms with Gasteiger partial charge in [-0.2, -0.15) is 0 Å². The van der Waals surface area contributed by atoms with Gasteiger partial charge in [0, 0.05) is 6.42 Å². The summed E-state index contributed by atoms with van der Waals surface area (Å²) >= 11 is 0. The molecule has 32 heavy (non-hydrogen) atoms. The van der Waals surface area contributed by atoms with Crippen LogP contribution < -0.4 is 0 Å². The largest absolute Gasteiger partial charge is 0.466 e. The summed E-state index contributed by atoms with van der Waals surface area (Å²) in [6.45, 7) is 6.67. The first-order valence-corrected chi connectivity index (χ1v) is 15.2. The third-order valence-corrected chi connectivity index (χ3v) is 8.83.